The van der Waals surface area contributed by atoms with Gasteiger partial charge in [0.1, 0.15) is 0 Å². The second kappa shape index (κ2) is 12.2. The summed E-state index contributed by atoms with van der Waals surface area (Å²) in [5.74, 6) is -0.412. The van der Waals surface area contributed by atoms with Crippen LogP contribution in [0.5, 0.6) is 0 Å². The molecule has 29 heavy (non-hydrogen) atoms. The molecular formula is C22H27ClN2O4. The smallest absolute Gasteiger partial charge is 0.253 e. The van der Waals surface area contributed by atoms with Crippen LogP contribution in [-0.2, 0) is 14.3 Å². The van der Waals surface area contributed by atoms with Crippen LogP contribution in [0, 0.1) is 0 Å². The Bertz CT molecular complexity index is 777. The maximum absolute atomic E-state index is 13.0. The summed E-state index contributed by atoms with van der Waals surface area (Å²) in [4.78, 5) is 27.4. The highest BCUT2D eigenvalue weighted by atomic mass is 35.5. The molecular weight excluding hydrogens is 392 g/mol. The van der Waals surface area contributed by atoms with Gasteiger partial charge in [0.2, 0.25) is 5.91 Å². The highest BCUT2D eigenvalue weighted by Gasteiger charge is 2.23. The van der Waals surface area contributed by atoms with Gasteiger partial charge in [-0.2, -0.15) is 0 Å². The highest BCUT2D eigenvalue weighted by Crippen LogP contribution is 2.21. The lowest BCUT2D eigenvalue weighted by atomic mass is 10.0. The van der Waals surface area contributed by atoms with E-state index in [9.17, 15) is 9.59 Å². The Morgan fingerprint density at radius 2 is 1.55 bits per heavy atom. The lowest BCUT2D eigenvalue weighted by Gasteiger charge is -2.26. The Morgan fingerprint density at radius 1 is 0.966 bits per heavy atom. The van der Waals surface area contributed by atoms with Gasteiger partial charge < -0.3 is 19.7 Å². The summed E-state index contributed by atoms with van der Waals surface area (Å²) in [7, 11) is 3.19. The highest BCUT2D eigenvalue weighted by molar-refractivity contribution is 6.33. The van der Waals surface area contributed by atoms with Gasteiger partial charge in [-0.1, -0.05) is 54.1 Å². The summed E-state index contributed by atoms with van der Waals surface area (Å²) in [5.41, 5.74) is 1.22. The number of hydrogen-bond donors (Lipinski definition) is 1. The second-order valence-electron chi connectivity index (χ2n) is 6.49. The standard InChI is InChI=1S/C22H27ClN2O4/c1-28-14-12-25(13-15-29-2)21(26)16-20(17-8-4-3-5-9-17)24-22(27)18-10-6-7-11-19(18)23/h3-11,20H,12-16H2,1-2H3,(H,24,27). The Balaban J connectivity index is 2.18. The fourth-order valence-corrected chi connectivity index (χ4v) is 3.11. The molecule has 2 aromatic carbocycles. The van der Waals surface area contributed by atoms with Crippen LogP contribution in [-0.4, -0.2) is 57.2 Å². The van der Waals surface area contributed by atoms with Gasteiger partial charge in [0.05, 0.1) is 36.3 Å². The third-order valence-electron chi connectivity index (χ3n) is 4.49. The summed E-state index contributed by atoms with van der Waals surface area (Å²) in [6.45, 7) is 1.77. The first-order chi connectivity index (χ1) is 14.1. The van der Waals surface area contributed by atoms with Gasteiger partial charge >= 0.3 is 0 Å². The van der Waals surface area contributed by atoms with Crippen LogP contribution in [0.1, 0.15) is 28.4 Å². The van der Waals surface area contributed by atoms with Gasteiger partial charge in [-0.3, -0.25) is 9.59 Å². The molecule has 0 fully saturated rings. The Morgan fingerprint density at radius 3 is 2.14 bits per heavy atom. The molecule has 1 unspecified atom stereocenters. The van der Waals surface area contributed by atoms with Crippen molar-refractivity contribution in [1.82, 2.24) is 10.2 Å². The monoisotopic (exact) mass is 418 g/mol. The zero-order valence-corrected chi connectivity index (χ0v) is 17.5. The summed E-state index contributed by atoms with van der Waals surface area (Å²) < 4.78 is 10.2. The predicted octanol–water partition coefficient (Wildman–Crippen LogP) is 3.32. The van der Waals surface area contributed by atoms with Gasteiger partial charge in [0.15, 0.2) is 0 Å². The van der Waals surface area contributed by atoms with Crippen LogP contribution < -0.4 is 5.32 Å². The fraction of sp³-hybridized carbons (Fsp3) is 0.364. The second-order valence-corrected chi connectivity index (χ2v) is 6.89. The molecule has 0 aliphatic rings. The molecule has 1 N–H and O–H groups in total. The van der Waals surface area contributed by atoms with Gasteiger partial charge in [-0.25, -0.2) is 0 Å². The molecule has 0 aromatic heterocycles. The Labute approximate surface area is 176 Å². The number of halogens is 1. The van der Waals surface area contributed by atoms with E-state index in [0.717, 1.165) is 5.56 Å². The minimum atomic E-state index is -0.486. The zero-order chi connectivity index (χ0) is 21.1. The topological polar surface area (TPSA) is 67.9 Å². The number of carbonyl (C=O) groups is 2. The van der Waals surface area contributed by atoms with Gasteiger partial charge in [0, 0.05) is 27.3 Å². The third-order valence-corrected chi connectivity index (χ3v) is 4.82. The van der Waals surface area contributed by atoms with E-state index in [1.54, 1.807) is 43.4 Å². The van der Waals surface area contributed by atoms with Crippen molar-refractivity contribution in [2.75, 3.05) is 40.5 Å². The minimum absolute atomic E-state index is 0.0904. The maximum Gasteiger partial charge on any atom is 0.253 e. The molecule has 0 saturated carbocycles. The number of hydrogen-bond acceptors (Lipinski definition) is 4. The molecule has 156 valence electrons. The van der Waals surface area contributed by atoms with Crippen LogP contribution in [0.2, 0.25) is 5.02 Å². The normalized spacial score (nSPS) is 11.7. The summed E-state index contributed by atoms with van der Waals surface area (Å²) in [6, 6.07) is 15.8. The summed E-state index contributed by atoms with van der Waals surface area (Å²) >= 11 is 6.16. The number of methoxy groups -OCH3 is 2. The summed E-state index contributed by atoms with van der Waals surface area (Å²) in [6.07, 6.45) is 0.119. The van der Waals surface area contributed by atoms with E-state index in [0.29, 0.717) is 36.9 Å². The SMILES string of the molecule is COCCN(CCOC)C(=O)CC(NC(=O)c1ccccc1Cl)c1ccccc1. The number of amides is 2. The molecule has 0 radical (unpaired) electrons. The van der Waals surface area contributed by atoms with E-state index < -0.39 is 6.04 Å². The van der Waals surface area contributed by atoms with Crippen molar-refractivity contribution in [3.8, 4) is 0 Å². The summed E-state index contributed by atoms with van der Waals surface area (Å²) in [5, 5.41) is 3.32. The van der Waals surface area contributed by atoms with E-state index in [4.69, 9.17) is 21.1 Å². The molecule has 2 aromatic rings. The van der Waals surface area contributed by atoms with Crippen LogP contribution in [0.25, 0.3) is 0 Å². The first-order valence-corrected chi connectivity index (χ1v) is 9.80. The van der Waals surface area contributed by atoms with E-state index in [-0.39, 0.29) is 18.2 Å². The number of carbonyl (C=O) groups excluding carboxylic acids is 2. The van der Waals surface area contributed by atoms with Crippen molar-refractivity contribution >= 4 is 23.4 Å². The fourth-order valence-electron chi connectivity index (χ4n) is 2.89. The number of ether oxygens (including phenoxy) is 2. The molecule has 0 bridgehead atoms. The van der Waals surface area contributed by atoms with Gasteiger partial charge in [0.25, 0.3) is 5.91 Å². The molecule has 0 spiro atoms. The van der Waals surface area contributed by atoms with Crippen LogP contribution in [0.4, 0.5) is 0 Å². The molecule has 2 amide bonds. The molecule has 0 aliphatic heterocycles. The average molecular weight is 419 g/mol. The molecule has 6 nitrogen and oxygen atoms in total. The predicted molar refractivity (Wildman–Crippen MR) is 113 cm³/mol. The molecule has 1 atom stereocenters. The Hall–Kier alpha value is -2.41. The van der Waals surface area contributed by atoms with Crippen molar-refractivity contribution < 1.29 is 19.1 Å². The number of nitrogens with zero attached hydrogens (tertiary/aromatic N) is 1. The largest absolute Gasteiger partial charge is 0.383 e. The third kappa shape index (κ3) is 7.16. The van der Waals surface area contributed by atoms with Crippen LogP contribution in [0.3, 0.4) is 0 Å². The zero-order valence-electron chi connectivity index (χ0n) is 16.8. The molecule has 0 aliphatic carbocycles. The van der Waals surface area contributed by atoms with Crippen molar-refractivity contribution in [2.24, 2.45) is 0 Å². The van der Waals surface area contributed by atoms with E-state index in [1.165, 1.54) is 0 Å². The number of benzene rings is 2. The molecule has 0 saturated heterocycles. The number of rotatable bonds is 11. The van der Waals surface area contributed by atoms with Gasteiger partial charge in [-0.05, 0) is 17.7 Å². The van der Waals surface area contributed by atoms with Crippen LogP contribution in [0.15, 0.2) is 54.6 Å². The average Bonchev–Trinajstić information content (AvgIpc) is 2.74. The van der Waals surface area contributed by atoms with Crippen molar-refractivity contribution in [3.63, 3.8) is 0 Å². The minimum Gasteiger partial charge on any atom is -0.383 e. The number of nitrogens with one attached hydrogen (secondary N) is 1. The molecule has 7 heteroatoms. The van der Waals surface area contributed by atoms with E-state index >= 15 is 0 Å². The lowest BCUT2D eigenvalue weighted by Crippen LogP contribution is -2.39. The van der Waals surface area contributed by atoms with Crippen molar-refractivity contribution in [2.45, 2.75) is 12.5 Å². The van der Waals surface area contributed by atoms with E-state index in [1.807, 2.05) is 30.3 Å². The van der Waals surface area contributed by atoms with Crippen LogP contribution >= 0.6 is 11.6 Å². The van der Waals surface area contributed by atoms with E-state index in [2.05, 4.69) is 5.32 Å². The van der Waals surface area contributed by atoms with Gasteiger partial charge in [-0.15, -0.1) is 0 Å². The lowest BCUT2D eigenvalue weighted by molar-refractivity contribution is -0.133. The quantitative estimate of drug-likeness (QED) is 0.607. The first kappa shape index (κ1) is 22.9. The molecule has 0 heterocycles. The Kier molecular flexibility index (Phi) is 9.64. The van der Waals surface area contributed by atoms with Crippen molar-refractivity contribution in [1.29, 1.82) is 0 Å². The maximum atomic E-state index is 13.0. The molecule has 2 rings (SSSR count). The first-order valence-electron chi connectivity index (χ1n) is 9.42. The van der Waals surface area contributed by atoms with Crippen molar-refractivity contribution in [3.05, 3.63) is 70.7 Å².